The van der Waals surface area contributed by atoms with Gasteiger partial charge in [0.2, 0.25) is 0 Å². The van der Waals surface area contributed by atoms with Gasteiger partial charge in [-0.25, -0.2) is 22.5 Å². The summed E-state index contributed by atoms with van der Waals surface area (Å²) in [5, 5.41) is 7.11. The van der Waals surface area contributed by atoms with Crippen LogP contribution in [0.25, 0.3) is 10.9 Å². The van der Waals surface area contributed by atoms with Crippen LogP contribution in [0.3, 0.4) is 0 Å². The molecular weight excluding hydrogens is 436 g/mol. The summed E-state index contributed by atoms with van der Waals surface area (Å²) >= 11 is 0. The minimum absolute atomic E-state index is 0.124. The van der Waals surface area contributed by atoms with Crippen LogP contribution in [-0.4, -0.2) is 37.1 Å². The average molecular weight is 460 g/mol. The summed E-state index contributed by atoms with van der Waals surface area (Å²) in [5.41, 5.74) is 1.08. The topological polar surface area (TPSA) is 57.3 Å². The molecule has 0 spiro atoms. The van der Waals surface area contributed by atoms with Crippen LogP contribution in [0.1, 0.15) is 36.0 Å². The fourth-order valence-electron chi connectivity index (χ4n) is 4.19. The first kappa shape index (κ1) is 22.8. The lowest BCUT2D eigenvalue weighted by atomic mass is 9.91. The number of aromatic nitrogens is 1. The van der Waals surface area contributed by atoms with Gasteiger partial charge in [0.25, 0.3) is 5.91 Å². The van der Waals surface area contributed by atoms with E-state index in [1.165, 1.54) is 0 Å². The van der Waals surface area contributed by atoms with Crippen LogP contribution in [0, 0.1) is 23.3 Å². The van der Waals surface area contributed by atoms with Crippen molar-refractivity contribution in [3.63, 3.8) is 0 Å². The largest absolute Gasteiger partial charge is 0.377 e. The minimum Gasteiger partial charge on any atom is -0.377 e. The first-order chi connectivity index (χ1) is 15.7. The van der Waals surface area contributed by atoms with Crippen LogP contribution in [-0.2, 0) is 0 Å². The Balaban J connectivity index is 1.39. The Labute approximate surface area is 188 Å². The Morgan fingerprint density at radius 3 is 2.30 bits per heavy atom. The van der Waals surface area contributed by atoms with Gasteiger partial charge >= 0.3 is 0 Å². The Morgan fingerprint density at radius 2 is 1.61 bits per heavy atom. The molecule has 0 saturated heterocycles. The van der Waals surface area contributed by atoms with Crippen molar-refractivity contribution < 1.29 is 22.4 Å². The zero-order valence-corrected chi connectivity index (χ0v) is 18.3. The zero-order chi connectivity index (χ0) is 23.7. The van der Waals surface area contributed by atoms with E-state index in [0.717, 1.165) is 22.4 Å². The van der Waals surface area contributed by atoms with Crippen molar-refractivity contribution in [2.75, 3.05) is 24.3 Å². The third kappa shape index (κ3) is 4.72. The van der Waals surface area contributed by atoms with E-state index in [1.807, 2.05) is 49.3 Å². The van der Waals surface area contributed by atoms with Crippen molar-refractivity contribution in [1.29, 1.82) is 0 Å². The van der Waals surface area contributed by atoms with E-state index >= 15 is 0 Å². The molecular formula is C24H24F4N4O. The van der Waals surface area contributed by atoms with Gasteiger partial charge in [0.15, 0.2) is 23.3 Å². The molecule has 3 aromatic rings. The number of hydrogen-bond acceptors (Lipinski definition) is 4. The van der Waals surface area contributed by atoms with Crippen molar-refractivity contribution in [2.45, 2.75) is 37.8 Å². The number of pyridine rings is 1. The fraction of sp³-hybridized carbons (Fsp3) is 0.333. The zero-order valence-electron chi connectivity index (χ0n) is 18.3. The number of amides is 1. The van der Waals surface area contributed by atoms with Gasteiger partial charge in [-0.3, -0.25) is 4.79 Å². The monoisotopic (exact) mass is 460 g/mol. The van der Waals surface area contributed by atoms with Crippen LogP contribution in [0.15, 0.2) is 36.4 Å². The molecule has 0 aliphatic heterocycles. The van der Waals surface area contributed by atoms with Gasteiger partial charge in [-0.1, -0.05) is 18.2 Å². The van der Waals surface area contributed by atoms with Crippen LogP contribution in [0.2, 0.25) is 0 Å². The molecule has 33 heavy (non-hydrogen) atoms. The fourth-order valence-corrected chi connectivity index (χ4v) is 4.19. The second kappa shape index (κ2) is 9.25. The van der Waals surface area contributed by atoms with Gasteiger partial charge in [-0.05, 0) is 37.8 Å². The molecule has 0 unspecified atom stereocenters. The summed E-state index contributed by atoms with van der Waals surface area (Å²) in [7, 11) is 3.95. The molecule has 2 N–H and O–H groups in total. The van der Waals surface area contributed by atoms with E-state index in [-0.39, 0.29) is 12.1 Å². The summed E-state index contributed by atoms with van der Waals surface area (Å²) < 4.78 is 53.9. The maximum absolute atomic E-state index is 13.9. The van der Waals surface area contributed by atoms with E-state index in [0.29, 0.717) is 31.7 Å². The molecule has 4 rings (SSSR count). The van der Waals surface area contributed by atoms with Gasteiger partial charge in [0.05, 0.1) is 11.1 Å². The normalized spacial score (nSPS) is 18.2. The van der Waals surface area contributed by atoms with E-state index < -0.39 is 34.7 Å². The first-order valence-electron chi connectivity index (χ1n) is 10.7. The molecule has 1 heterocycles. The predicted molar refractivity (Wildman–Crippen MR) is 119 cm³/mol. The predicted octanol–water partition coefficient (Wildman–Crippen LogP) is 5.01. The Bertz CT molecular complexity index is 1190. The highest BCUT2D eigenvalue weighted by Crippen LogP contribution is 2.29. The van der Waals surface area contributed by atoms with E-state index in [9.17, 15) is 22.4 Å². The lowest BCUT2D eigenvalue weighted by Crippen LogP contribution is -2.40. The summed E-state index contributed by atoms with van der Waals surface area (Å²) in [6.45, 7) is 0. The second-order valence-corrected chi connectivity index (χ2v) is 8.45. The molecule has 1 aromatic heterocycles. The number of carbonyl (C=O) groups is 1. The van der Waals surface area contributed by atoms with Crippen LogP contribution < -0.4 is 15.5 Å². The van der Waals surface area contributed by atoms with Crippen molar-refractivity contribution in [3.05, 3.63) is 65.2 Å². The SMILES string of the molecule is CN(C)c1cc(NC2CCC(NC(=O)c3cc(F)c(F)c(F)c3F)CC2)nc2ccccc12. The number of nitrogens with zero attached hydrogens (tertiary/aromatic N) is 2. The highest BCUT2D eigenvalue weighted by atomic mass is 19.2. The standard InChI is InChI=1S/C24H24F4N4O/c1-32(2)19-12-20(31-18-6-4-3-5-15(18)19)29-13-7-9-14(10-8-13)30-24(33)16-11-17(25)22(27)23(28)21(16)26/h3-6,11-14H,7-10H2,1-2H3,(H,29,31)(H,30,33). The van der Waals surface area contributed by atoms with Gasteiger partial charge < -0.3 is 15.5 Å². The van der Waals surface area contributed by atoms with E-state index in [1.54, 1.807) is 0 Å². The minimum atomic E-state index is -1.99. The number of fused-ring (bicyclic) bond motifs is 1. The van der Waals surface area contributed by atoms with E-state index in [4.69, 9.17) is 4.98 Å². The molecule has 1 amide bonds. The van der Waals surface area contributed by atoms with Crippen molar-refractivity contribution >= 4 is 28.3 Å². The first-order valence-corrected chi connectivity index (χ1v) is 10.7. The van der Waals surface area contributed by atoms with Crippen molar-refractivity contribution in [1.82, 2.24) is 10.3 Å². The third-order valence-corrected chi connectivity index (χ3v) is 5.94. The average Bonchev–Trinajstić information content (AvgIpc) is 2.80. The number of halogens is 4. The van der Waals surface area contributed by atoms with Crippen LogP contribution >= 0.6 is 0 Å². The number of rotatable bonds is 5. The summed E-state index contributed by atoms with van der Waals surface area (Å²) in [5.74, 6) is -7.44. The number of benzene rings is 2. The molecule has 0 atom stereocenters. The van der Waals surface area contributed by atoms with Crippen molar-refractivity contribution in [3.8, 4) is 0 Å². The second-order valence-electron chi connectivity index (χ2n) is 8.45. The molecule has 0 bridgehead atoms. The summed E-state index contributed by atoms with van der Waals surface area (Å²) in [6.07, 6.45) is 2.60. The molecule has 1 fully saturated rings. The lowest BCUT2D eigenvalue weighted by molar-refractivity contribution is 0.0920. The molecule has 1 aliphatic carbocycles. The molecule has 5 nitrogen and oxygen atoms in total. The molecule has 2 aromatic carbocycles. The summed E-state index contributed by atoms with van der Waals surface area (Å²) in [6, 6.07) is 10.1. The third-order valence-electron chi connectivity index (χ3n) is 5.94. The lowest BCUT2D eigenvalue weighted by Gasteiger charge is -2.30. The molecule has 9 heteroatoms. The number of para-hydroxylation sites is 1. The van der Waals surface area contributed by atoms with Crippen LogP contribution in [0.4, 0.5) is 29.1 Å². The maximum atomic E-state index is 13.9. The highest BCUT2D eigenvalue weighted by Gasteiger charge is 2.27. The van der Waals surface area contributed by atoms with Crippen molar-refractivity contribution in [2.24, 2.45) is 0 Å². The Morgan fingerprint density at radius 1 is 0.939 bits per heavy atom. The van der Waals surface area contributed by atoms with Gasteiger partial charge in [-0.15, -0.1) is 0 Å². The van der Waals surface area contributed by atoms with Gasteiger partial charge in [0.1, 0.15) is 5.82 Å². The number of carbonyl (C=O) groups excluding carboxylic acids is 1. The molecule has 1 saturated carbocycles. The van der Waals surface area contributed by atoms with Gasteiger partial charge in [-0.2, -0.15) is 0 Å². The number of hydrogen-bond donors (Lipinski definition) is 2. The molecule has 0 radical (unpaired) electrons. The highest BCUT2D eigenvalue weighted by molar-refractivity contribution is 5.95. The number of anilines is 2. The van der Waals surface area contributed by atoms with Gasteiger partial charge in [0, 0.05) is 43.3 Å². The summed E-state index contributed by atoms with van der Waals surface area (Å²) in [4.78, 5) is 19.0. The quantitative estimate of drug-likeness (QED) is 0.319. The Hall–Kier alpha value is -3.36. The molecule has 174 valence electrons. The number of nitrogens with one attached hydrogen (secondary N) is 2. The molecule has 1 aliphatic rings. The van der Waals surface area contributed by atoms with Crippen LogP contribution in [0.5, 0.6) is 0 Å². The smallest absolute Gasteiger partial charge is 0.254 e. The maximum Gasteiger partial charge on any atom is 0.254 e. The van der Waals surface area contributed by atoms with E-state index in [2.05, 4.69) is 10.6 Å². The Kier molecular flexibility index (Phi) is 6.40.